The van der Waals surface area contributed by atoms with Crippen molar-refractivity contribution in [2.24, 2.45) is 5.73 Å². The number of benzene rings is 1. The van der Waals surface area contributed by atoms with Gasteiger partial charge in [0.05, 0.1) is 38.3 Å². The van der Waals surface area contributed by atoms with Crippen molar-refractivity contribution in [1.29, 1.82) is 0 Å². The normalized spacial score (nSPS) is 15.7. The van der Waals surface area contributed by atoms with Crippen LogP contribution in [0.1, 0.15) is 19.4 Å². The van der Waals surface area contributed by atoms with Crippen LogP contribution < -0.4 is 16.4 Å². The van der Waals surface area contributed by atoms with Gasteiger partial charge in [-0.2, -0.15) is 0 Å². The first kappa shape index (κ1) is 24.8. The van der Waals surface area contributed by atoms with Crippen molar-refractivity contribution in [3.05, 3.63) is 48.4 Å². The van der Waals surface area contributed by atoms with E-state index in [4.69, 9.17) is 15.2 Å². The van der Waals surface area contributed by atoms with Crippen LogP contribution in [0, 0.1) is 0 Å². The zero-order valence-corrected chi connectivity index (χ0v) is 19.3. The quantitative estimate of drug-likeness (QED) is 0.450. The molecular formula is C23H34N6O4. The Morgan fingerprint density at radius 3 is 2.64 bits per heavy atom. The fourth-order valence-corrected chi connectivity index (χ4v) is 3.24. The highest BCUT2D eigenvalue weighted by Crippen LogP contribution is 2.07. The Morgan fingerprint density at radius 2 is 1.94 bits per heavy atom. The van der Waals surface area contributed by atoms with Crippen LogP contribution in [-0.2, 0) is 32.2 Å². The largest absolute Gasteiger partial charge is 0.379 e. The van der Waals surface area contributed by atoms with Gasteiger partial charge in [-0.3, -0.25) is 14.5 Å². The highest BCUT2D eigenvalue weighted by molar-refractivity contribution is 5.97. The van der Waals surface area contributed by atoms with Gasteiger partial charge in [0, 0.05) is 32.4 Å². The number of rotatable bonds is 11. The van der Waals surface area contributed by atoms with E-state index in [-0.39, 0.29) is 6.61 Å². The molecule has 33 heavy (non-hydrogen) atoms. The molecule has 0 radical (unpaired) electrons. The minimum Gasteiger partial charge on any atom is -0.379 e. The minimum absolute atomic E-state index is 0.000285. The molecule has 2 amide bonds. The third-order valence-corrected chi connectivity index (χ3v) is 5.27. The molecule has 2 heterocycles. The molecule has 1 aliphatic rings. The lowest BCUT2D eigenvalue weighted by Gasteiger charge is -2.26. The fourth-order valence-electron chi connectivity index (χ4n) is 3.24. The summed E-state index contributed by atoms with van der Waals surface area (Å²) in [6, 6.07) is 8.69. The highest BCUT2D eigenvalue weighted by atomic mass is 16.5. The molecule has 0 aliphatic carbocycles. The van der Waals surface area contributed by atoms with Crippen LogP contribution >= 0.6 is 0 Å². The number of nitrogens with one attached hydrogen (secondary N) is 2. The Morgan fingerprint density at radius 1 is 1.21 bits per heavy atom. The third kappa shape index (κ3) is 8.25. The smallest absolute Gasteiger partial charge is 0.250 e. The van der Waals surface area contributed by atoms with Gasteiger partial charge >= 0.3 is 0 Å². The molecule has 1 saturated heterocycles. The van der Waals surface area contributed by atoms with Gasteiger partial charge in [0.15, 0.2) is 5.82 Å². The van der Waals surface area contributed by atoms with E-state index in [2.05, 4.69) is 20.5 Å². The molecule has 10 heteroatoms. The SMILES string of the molecule is CC(C)(N)C(=O)N[C@H](COCc1ccccc1)C(=O)Nc1cn(CCN2CCOCC2)cn1. The van der Waals surface area contributed by atoms with Crippen molar-refractivity contribution in [2.75, 3.05) is 44.8 Å². The summed E-state index contributed by atoms with van der Waals surface area (Å²) in [5.41, 5.74) is 5.73. The van der Waals surface area contributed by atoms with E-state index in [0.717, 1.165) is 45.0 Å². The predicted octanol–water partition coefficient (Wildman–Crippen LogP) is 0.593. The number of amides is 2. The van der Waals surface area contributed by atoms with E-state index in [1.165, 1.54) is 0 Å². The maximum Gasteiger partial charge on any atom is 0.250 e. The zero-order valence-electron chi connectivity index (χ0n) is 19.3. The lowest BCUT2D eigenvalue weighted by molar-refractivity contribution is -0.130. The van der Waals surface area contributed by atoms with Gasteiger partial charge in [-0.05, 0) is 19.4 Å². The molecule has 0 saturated carbocycles. The maximum absolute atomic E-state index is 12.9. The Bertz CT molecular complexity index is 890. The van der Waals surface area contributed by atoms with Crippen molar-refractivity contribution in [3.8, 4) is 0 Å². The Balaban J connectivity index is 1.55. The molecule has 1 aromatic carbocycles. The summed E-state index contributed by atoms with van der Waals surface area (Å²) in [4.78, 5) is 31.9. The van der Waals surface area contributed by atoms with Crippen LogP contribution in [0.2, 0.25) is 0 Å². The molecule has 1 aromatic heterocycles. The summed E-state index contributed by atoms with van der Waals surface area (Å²) >= 11 is 0. The monoisotopic (exact) mass is 458 g/mol. The number of ether oxygens (including phenoxy) is 2. The molecule has 1 atom stereocenters. The summed E-state index contributed by atoms with van der Waals surface area (Å²) in [6.45, 7) is 8.46. The number of nitrogens with two attached hydrogens (primary N) is 1. The van der Waals surface area contributed by atoms with Crippen molar-refractivity contribution < 1.29 is 19.1 Å². The highest BCUT2D eigenvalue weighted by Gasteiger charge is 2.28. The average Bonchev–Trinajstić information content (AvgIpc) is 3.25. The molecule has 10 nitrogen and oxygen atoms in total. The van der Waals surface area contributed by atoms with Gasteiger partial charge in [0.1, 0.15) is 6.04 Å². The summed E-state index contributed by atoms with van der Waals surface area (Å²) < 4.78 is 13.0. The first-order chi connectivity index (χ1) is 15.8. The summed E-state index contributed by atoms with van der Waals surface area (Å²) in [7, 11) is 0. The first-order valence-electron chi connectivity index (χ1n) is 11.2. The topological polar surface area (TPSA) is 124 Å². The van der Waals surface area contributed by atoms with Crippen molar-refractivity contribution >= 4 is 17.6 Å². The average molecular weight is 459 g/mol. The lowest BCUT2D eigenvalue weighted by atomic mass is 10.1. The standard InChI is InChI=1S/C23H34N6O4/c1-23(2,24)22(31)26-19(16-33-15-18-6-4-3-5-7-18)21(30)27-20-14-29(17-25-20)9-8-28-10-12-32-13-11-28/h3-7,14,17,19H,8-13,15-16,24H2,1-2H3,(H,26,31)(H,27,30)/t19-/m1/s1. The molecule has 0 bridgehead atoms. The second kappa shape index (κ2) is 11.9. The van der Waals surface area contributed by atoms with E-state index in [9.17, 15) is 9.59 Å². The van der Waals surface area contributed by atoms with Gasteiger partial charge in [-0.25, -0.2) is 4.98 Å². The van der Waals surface area contributed by atoms with E-state index >= 15 is 0 Å². The number of imidazole rings is 1. The van der Waals surface area contributed by atoms with Crippen LogP contribution in [-0.4, -0.2) is 77.3 Å². The number of morpholine rings is 1. The molecule has 180 valence electrons. The second-order valence-electron chi connectivity index (χ2n) is 8.69. The van der Waals surface area contributed by atoms with Gasteiger partial charge in [-0.1, -0.05) is 30.3 Å². The molecule has 0 spiro atoms. The molecule has 1 fully saturated rings. The van der Waals surface area contributed by atoms with E-state index in [1.54, 1.807) is 26.4 Å². The summed E-state index contributed by atoms with van der Waals surface area (Å²) in [5.74, 6) is -0.447. The van der Waals surface area contributed by atoms with E-state index in [0.29, 0.717) is 12.4 Å². The minimum atomic E-state index is -1.13. The van der Waals surface area contributed by atoms with Crippen LogP contribution in [0.4, 0.5) is 5.82 Å². The number of carbonyl (C=O) groups excluding carboxylic acids is 2. The number of anilines is 1. The van der Waals surface area contributed by atoms with Crippen molar-refractivity contribution in [3.63, 3.8) is 0 Å². The van der Waals surface area contributed by atoms with Crippen LogP contribution in [0.25, 0.3) is 0 Å². The maximum atomic E-state index is 12.9. The number of nitrogens with zero attached hydrogens (tertiary/aromatic N) is 3. The van der Waals surface area contributed by atoms with E-state index < -0.39 is 23.4 Å². The second-order valence-corrected chi connectivity index (χ2v) is 8.69. The molecule has 2 aromatic rings. The predicted molar refractivity (Wildman–Crippen MR) is 124 cm³/mol. The lowest BCUT2D eigenvalue weighted by Crippen LogP contribution is -2.56. The molecule has 0 unspecified atom stereocenters. The summed E-state index contributed by atoms with van der Waals surface area (Å²) in [5, 5.41) is 5.45. The van der Waals surface area contributed by atoms with Crippen molar-refractivity contribution in [1.82, 2.24) is 19.8 Å². The first-order valence-corrected chi connectivity index (χ1v) is 11.2. The van der Waals surface area contributed by atoms with Crippen LogP contribution in [0.15, 0.2) is 42.9 Å². The molecule has 4 N–H and O–H groups in total. The summed E-state index contributed by atoms with van der Waals surface area (Å²) in [6.07, 6.45) is 3.45. The van der Waals surface area contributed by atoms with Gasteiger partial charge < -0.3 is 30.4 Å². The van der Waals surface area contributed by atoms with E-state index in [1.807, 2.05) is 34.9 Å². The Hall–Kier alpha value is -2.79. The Labute approximate surface area is 194 Å². The van der Waals surface area contributed by atoms with Crippen molar-refractivity contribution in [2.45, 2.75) is 38.6 Å². The van der Waals surface area contributed by atoms with Gasteiger partial charge in [0.2, 0.25) is 5.91 Å². The molecule has 1 aliphatic heterocycles. The number of hydrogen-bond acceptors (Lipinski definition) is 7. The fraction of sp³-hybridized carbons (Fsp3) is 0.522. The van der Waals surface area contributed by atoms with Gasteiger partial charge in [-0.15, -0.1) is 0 Å². The Kier molecular flexibility index (Phi) is 8.95. The number of aromatic nitrogens is 2. The molecule has 3 rings (SSSR count). The van der Waals surface area contributed by atoms with Crippen LogP contribution in [0.3, 0.4) is 0 Å². The molecular weight excluding hydrogens is 424 g/mol. The van der Waals surface area contributed by atoms with Gasteiger partial charge in [0.25, 0.3) is 5.91 Å². The number of carbonyl (C=O) groups is 2. The van der Waals surface area contributed by atoms with Crippen LogP contribution in [0.5, 0.6) is 0 Å². The number of hydrogen-bond donors (Lipinski definition) is 3. The zero-order chi connectivity index (χ0) is 23.7. The third-order valence-electron chi connectivity index (χ3n) is 5.27.